The Labute approximate surface area is 154 Å². The van der Waals surface area contributed by atoms with Crippen LogP contribution in [0.1, 0.15) is 12.8 Å². The van der Waals surface area contributed by atoms with Crippen LogP contribution in [0.25, 0.3) is 11.3 Å². The predicted molar refractivity (Wildman–Crippen MR) is 102 cm³/mol. The van der Waals surface area contributed by atoms with E-state index in [1.54, 1.807) is 24.3 Å². The standard InChI is InChI=1S/C19H24N4O2S/c1-26(24,25)17-6-4-16(5-7-17)18-8-9-19(21-20-18)23-12-10-22(11-13-23)14-15-2-3-15/h4-9,15H,2-3,10-14H2,1H3. The van der Waals surface area contributed by atoms with Gasteiger partial charge < -0.3 is 4.90 Å². The van der Waals surface area contributed by atoms with Gasteiger partial charge in [-0.05, 0) is 43.0 Å². The fourth-order valence-electron chi connectivity index (χ4n) is 3.35. The predicted octanol–water partition coefficient (Wildman–Crippen LogP) is 2.08. The van der Waals surface area contributed by atoms with Gasteiger partial charge in [0, 0.05) is 44.5 Å². The third-order valence-electron chi connectivity index (χ3n) is 5.14. The first-order valence-corrected chi connectivity index (χ1v) is 11.0. The summed E-state index contributed by atoms with van der Waals surface area (Å²) in [6.45, 7) is 5.41. The zero-order valence-corrected chi connectivity index (χ0v) is 15.8. The molecule has 6 nitrogen and oxygen atoms in total. The van der Waals surface area contributed by atoms with Crippen LogP contribution in [-0.4, -0.2) is 62.5 Å². The molecule has 2 heterocycles. The molecule has 138 valence electrons. The minimum atomic E-state index is -3.18. The highest BCUT2D eigenvalue weighted by molar-refractivity contribution is 7.90. The second kappa shape index (κ2) is 6.96. The third-order valence-corrected chi connectivity index (χ3v) is 6.27. The fraction of sp³-hybridized carbons (Fsp3) is 0.474. The summed E-state index contributed by atoms with van der Waals surface area (Å²) in [7, 11) is -3.18. The summed E-state index contributed by atoms with van der Waals surface area (Å²) in [5.41, 5.74) is 1.62. The van der Waals surface area contributed by atoms with Crippen molar-refractivity contribution in [1.29, 1.82) is 0 Å². The molecule has 2 aromatic rings. The molecule has 0 spiro atoms. The number of rotatable bonds is 5. The molecule has 1 aromatic heterocycles. The minimum absolute atomic E-state index is 0.315. The van der Waals surface area contributed by atoms with Crippen molar-refractivity contribution in [2.45, 2.75) is 17.7 Å². The molecule has 0 atom stereocenters. The molecule has 0 bridgehead atoms. The number of hydrogen-bond acceptors (Lipinski definition) is 6. The second-order valence-corrected chi connectivity index (χ2v) is 9.32. The first-order valence-electron chi connectivity index (χ1n) is 9.10. The summed E-state index contributed by atoms with van der Waals surface area (Å²) in [5.74, 6) is 1.85. The maximum atomic E-state index is 11.5. The molecular formula is C19H24N4O2S. The fourth-order valence-corrected chi connectivity index (χ4v) is 3.98. The van der Waals surface area contributed by atoms with Gasteiger partial charge in [0.2, 0.25) is 0 Å². The monoisotopic (exact) mass is 372 g/mol. The highest BCUT2D eigenvalue weighted by Gasteiger charge is 2.26. The van der Waals surface area contributed by atoms with Crippen LogP contribution in [0, 0.1) is 5.92 Å². The van der Waals surface area contributed by atoms with E-state index in [1.165, 1.54) is 25.6 Å². The van der Waals surface area contributed by atoms with E-state index in [1.807, 2.05) is 12.1 Å². The second-order valence-electron chi connectivity index (χ2n) is 7.30. The van der Waals surface area contributed by atoms with Gasteiger partial charge in [-0.1, -0.05) is 12.1 Å². The lowest BCUT2D eigenvalue weighted by atomic mass is 10.1. The molecule has 1 aromatic carbocycles. The van der Waals surface area contributed by atoms with Crippen LogP contribution < -0.4 is 4.90 Å². The number of piperazine rings is 1. The number of hydrogen-bond donors (Lipinski definition) is 0. The van der Waals surface area contributed by atoms with Gasteiger partial charge in [0.05, 0.1) is 10.6 Å². The van der Waals surface area contributed by atoms with Gasteiger partial charge in [0.15, 0.2) is 15.7 Å². The molecule has 4 rings (SSSR count). The molecule has 0 radical (unpaired) electrons. The van der Waals surface area contributed by atoms with Gasteiger partial charge in [-0.15, -0.1) is 10.2 Å². The van der Waals surface area contributed by atoms with Crippen molar-refractivity contribution in [2.24, 2.45) is 5.92 Å². The Balaban J connectivity index is 1.40. The van der Waals surface area contributed by atoms with Crippen molar-refractivity contribution in [3.05, 3.63) is 36.4 Å². The number of aromatic nitrogens is 2. The van der Waals surface area contributed by atoms with Crippen molar-refractivity contribution < 1.29 is 8.42 Å². The zero-order valence-electron chi connectivity index (χ0n) is 15.0. The average molecular weight is 372 g/mol. The molecular weight excluding hydrogens is 348 g/mol. The molecule has 0 N–H and O–H groups in total. The molecule has 1 aliphatic carbocycles. The van der Waals surface area contributed by atoms with Crippen LogP contribution in [-0.2, 0) is 9.84 Å². The van der Waals surface area contributed by atoms with E-state index in [0.717, 1.165) is 49.2 Å². The molecule has 26 heavy (non-hydrogen) atoms. The van der Waals surface area contributed by atoms with Gasteiger partial charge in [-0.3, -0.25) is 4.90 Å². The van der Waals surface area contributed by atoms with Gasteiger partial charge in [0.25, 0.3) is 0 Å². The molecule has 2 aliphatic rings. The number of sulfone groups is 1. The Kier molecular flexibility index (Phi) is 4.67. The molecule has 1 saturated heterocycles. The highest BCUT2D eigenvalue weighted by atomic mass is 32.2. The molecule has 1 saturated carbocycles. The summed E-state index contributed by atoms with van der Waals surface area (Å²) >= 11 is 0. The van der Waals surface area contributed by atoms with Crippen LogP contribution >= 0.6 is 0 Å². The van der Waals surface area contributed by atoms with E-state index in [0.29, 0.717) is 4.90 Å². The minimum Gasteiger partial charge on any atom is -0.353 e. The normalized spacial score (nSPS) is 18.9. The molecule has 1 aliphatic heterocycles. The van der Waals surface area contributed by atoms with E-state index in [9.17, 15) is 8.42 Å². The third kappa shape index (κ3) is 4.04. The first-order chi connectivity index (χ1) is 12.5. The topological polar surface area (TPSA) is 66.4 Å². The summed E-state index contributed by atoms with van der Waals surface area (Å²) in [6.07, 6.45) is 4.01. The van der Waals surface area contributed by atoms with Gasteiger partial charge in [0.1, 0.15) is 0 Å². The van der Waals surface area contributed by atoms with E-state index in [4.69, 9.17) is 0 Å². The summed E-state index contributed by atoms with van der Waals surface area (Å²) in [5, 5.41) is 8.73. The largest absolute Gasteiger partial charge is 0.353 e. The molecule has 0 unspecified atom stereocenters. The van der Waals surface area contributed by atoms with Crippen LogP contribution in [0.15, 0.2) is 41.3 Å². The van der Waals surface area contributed by atoms with Crippen molar-refractivity contribution in [2.75, 3.05) is 43.9 Å². The summed E-state index contributed by atoms with van der Waals surface area (Å²) in [6, 6.07) is 10.7. The van der Waals surface area contributed by atoms with E-state index in [2.05, 4.69) is 20.0 Å². The van der Waals surface area contributed by atoms with Crippen LogP contribution in [0.2, 0.25) is 0 Å². The highest BCUT2D eigenvalue weighted by Crippen LogP contribution is 2.30. The van der Waals surface area contributed by atoms with E-state index < -0.39 is 9.84 Å². The first kappa shape index (κ1) is 17.4. The lowest BCUT2D eigenvalue weighted by Crippen LogP contribution is -2.47. The average Bonchev–Trinajstić information content (AvgIpc) is 3.46. The lowest BCUT2D eigenvalue weighted by molar-refractivity contribution is 0.247. The van der Waals surface area contributed by atoms with Gasteiger partial charge in [-0.25, -0.2) is 8.42 Å². The van der Waals surface area contributed by atoms with E-state index in [-0.39, 0.29) is 0 Å². The lowest BCUT2D eigenvalue weighted by Gasteiger charge is -2.35. The maximum absolute atomic E-state index is 11.5. The number of anilines is 1. The van der Waals surface area contributed by atoms with Gasteiger partial charge >= 0.3 is 0 Å². The van der Waals surface area contributed by atoms with Crippen molar-refractivity contribution in [3.8, 4) is 11.3 Å². The zero-order chi connectivity index (χ0) is 18.1. The van der Waals surface area contributed by atoms with Crippen molar-refractivity contribution in [3.63, 3.8) is 0 Å². The maximum Gasteiger partial charge on any atom is 0.175 e. The van der Waals surface area contributed by atoms with Gasteiger partial charge in [-0.2, -0.15) is 0 Å². The molecule has 2 fully saturated rings. The Bertz CT molecular complexity index is 853. The SMILES string of the molecule is CS(=O)(=O)c1ccc(-c2ccc(N3CCN(CC4CC4)CC3)nn2)cc1. The Morgan fingerprint density at radius 1 is 0.962 bits per heavy atom. The molecule has 0 amide bonds. The smallest absolute Gasteiger partial charge is 0.175 e. The summed E-state index contributed by atoms with van der Waals surface area (Å²) in [4.78, 5) is 5.15. The van der Waals surface area contributed by atoms with Crippen molar-refractivity contribution >= 4 is 15.7 Å². The Morgan fingerprint density at radius 3 is 2.19 bits per heavy atom. The van der Waals surface area contributed by atoms with Crippen LogP contribution in [0.3, 0.4) is 0 Å². The number of nitrogens with zero attached hydrogens (tertiary/aromatic N) is 4. The Hall–Kier alpha value is -1.99. The number of benzene rings is 1. The van der Waals surface area contributed by atoms with Crippen LogP contribution in [0.5, 0.6) is 0 Å². The Morgan fingerprint density at radius 2 is 1.65 bits per heavy atom. The quantitative estimate of drug-likeness (QED) is 0.801. The summed E-state index contributed by atoms with van der Waals surface area (Å²) < 4.78 is 23.1. The van der Waals surface area contributed by atoms with Crippen LogP contribution in [0.4, 0.5) is 5.82 Å². The molecule has 7 heteroatoms. The van der Waals surface area contributed by atoms with E-state index >= 15 is 0 Å². The van der Waals surface area contributed by atoms with Crippen molar-refractivity contribution in [1.82, 2.24) is 15.1 Å².